The quantitative estimate of drug-likeness (QED) is 0.679. The second-order valence-corrected chi connectivity index (χ2v) is 5.06. The number of aryl methyl sites for hydroxylation is 1. The van der Waals surface area contributed by atoms with Gasteiger partial charge in [-0.05, 0) is 38.1 Å². The summed E-state index contributed by atoms with van der Waals surface area (Å²) in [5.74, 6) is 0.0465. The van der Waals surface area contributed by atoms with E-state index in [2.05, 4.69) is 10.6 Å². The van der Waals surface area contributed by atoms with Gasteiger partial charge in [0.1, 0.15) is 6.23 Å². The standard InChI is InChI=1S/C14H21N3O2/c1-10-4-3-5-11(8-10)16-13(18)9-17(2)12-6-7-15-14(12)19/h3-5,8,12-13,16,18H,6-7,9H2,1-2H3,(H,15,19). The lowest BCUT2D eigenvalue weighted by Gasteiger charge is -2.25. The molecule has 1 heterocycles. The predicted octanol–water partition coefficient (Wildman–Crippen LogP) is 0.546. The molecule has 1 aliphatic rings. The van der Waals surface area contributed by atoms with Crippen molar-refractivity contribution in [2.75, 3.05) is 25.5 Å². The van der Waals surface area contributed by atoms with Crippen LogP contribution >= 0.6 is 0 Å². The van der Waals surface area contributed by atoms with Crippen LogP contribution in [0.15, 0.2) is 24.3 Å². The second-order valence-electron chi connectivity index (χ2n) is 5.06. The Bertz CT molecular complexity index is 450. The third-order valence-corrected chi connectivity index (χ3v) is 3.36. The minimum Gasteiger partial charge on any atom is -0.372 e. The number of aliphatic hydroxyl groups excluding tert-OH is 1. The zero-order valence-corrected chi connectivity index (χ0v) is 11.4. The molecule has 0 radical (unpaired) electrons. The molecule has 0 spiro atoms. The van der Waals surface area contributed by atoms with E-state index in [4.69, 9.17) is 0 Å². The summed E-state index contributed by atoms with van der Waals surface area (Å²) >= 11 is 0. The molecule has 1 aromatic carbocycles. The van der Waals surface area contributed by atoms with E-state index in [0.29, 0.717) is 6.54 Å². The van der Waals surface area contributed by atoms with Crippen LogP contribution in [0.25, 0.3) is 0 Å². The molecular formula is C14H21N3O2. The predicted molar refractivity (Wildman–Crippen MR) is 74.9 cm³/mol. The van der Waals surface area contributed by atoms with Crippen molar-refractivity contribution in [2.45, 2.75) is 25.6 Å². The van der Waals surface area contributed by atoms with Gasteiger partial charge in [0, 0.05) is 18.8 Å². The molecule has 1 aromatic rings. The minimum atomic E-state index is -0.694. The van der Waals surface area contributed by atoms with Gasteiger partial charge in [-0.3, -0.25) is 9.69 Å². The summed E-state index contributed by atoms with van der Waals surface area (Å²) in [6.07, 6.45) is 0.104. The van der Waals surface area contributed by atoms with E-state index in [0.717, 1.165) is 24.2 Å². The van der Waals surface area contributed by atoms with Crippen molar-refractivity contribution in [1.82, 2.24) is 10.2 Å². The molecule has 0 aliphatic carbocycles. The van der Waals surface area contributed by atoms with E-state index in [-0.39, 0.29) is 11.9 Å². The van der Waals surface area contributed by atoms with Gasteiger partial charge in [-0.2, -0.15) is 0 Å². The van der Waals surface area contributed by atoms with E-state index in [9.17, 15) is 9.90 Å². The first-order chi connectivity index (χ1) is 9.06. The maximum atomic E-state index is 11.5. The normalized spacial score (nSPS) is 20.4. The first kappa shape index (κ1) is 13.8. The molecular weight excluding hydrogens is 242 g/mol. The highest BCUT2D eigenvalue weighted by molar-refractivity contribution is 5.83. The number of benzene rings is 1. The van der Waals surface area contributed by atoms with Crippen LogP contribution in [0.5, 0.6) is 0 Å². The first-order valence-corrected chi connectivity index (χ1v) is 6.55. The zero-order chi connectivity index (χ0) is 13.8. The van der Waals surface area contributed by atoms with Crippen molar-refractivity contribution in [1.29, 1.82) is 0 Å². The van der Waals surface area contributed by atoms with Crippen LogP contribution in [0.3, 0.4) is 0 Å². The number of likely N-dealkylation sites (N-methyl/N-ethyl adjacent to an activating group) is 1. The average molecular weight is 263 g/mol. The van der Waals surface area contributed by atoms with Crippen molar-refractivity contribution in [3.8, 4) is 0 Å². The van der Waals surface area contributed by atoms with Crippen molar-refractivity contribution >= 4 is 11.6 Å². The fourth-order valence-corrected chi connectivity index (χ4v) is 2.37. The van der Waals surface area contributed by atoms with Crippen LogP contribution in [-0.4, -0.2) is 48.3 Å². The van der Waals surface area contributed by atoms with Gasteiger partial charge < -0.3 is 15.7 Å². The summed E-state index contributed by atoms with van der Waals surface area (Å²) in [4.78, 5) is 13.4. The number of carbonyl (C=O) groups excluding carboxylic acids is 1. The average Bonchev–Trinajstić information content (AvgIpc) is 2.75. The van der Waals surface area contributed by atoms with E-state index in [1.165, 1.54) is 0 Å². The zero-order valence-electron chi connectivity index (χ0n) is 11.4. The van der Waals surface area contributed by atoms with Gasteiger partial charge in [0.15, 0.2) is 0 Å². The van der Waals surface area contributed by atoms with Crippen LogP contribution in [0, 0.1) is 6.92 Å². The molecule has 0 bridgehead atoms. The number of carbonyl (C=O) groups is 1. The molecule has 1 amide bonds. The second kappa shape index (κ2) is 6.04. The Labute approximate surface area is 113 Å². The lowest BCUT2D eigenvalue weighted by Crippen LogP contribution is -2.43. The number of nitrogens with one attached hydrogen (secondary N) is 2. The Hall–Kier alpha value is -1.59. The summed E-state index contributed by atoms with van der Waals surface area (Å²) in [7, 11) is 1.86. The third kappa shape index (κ3) is 3.68. The smallest absolute Gasteiger partial charge is 0.237 e. The minimum absolute atomic E-state index is 0.0465. The summed E-state index contributed by atoms with van der Waals surface area (Å²) in [5, 5.41) is 15.9. The van der Waals surface area contributed by atoms with Gasteiger partial charge in [0.25, 0.3) is 0 Å². The van der Waals surface area contributed by atoms with E-state index >= 15 is 0 Å². The van der Waals surface area contributed by atoms with Gasteiger partial charge >= 0.3 is 0 Å². The van der Waals surface area contributed by atoms with Gasteiger partial charge in [-0.1, -0.05) is 12.1 Å². The molecule has 2 unspecified atom stereocenters. The number of hydrogen-bond acceptors (Lipinski definition) is 4. The topological polar surface area (TPSA) is 64.6 Å². The van der Waals surface area contributed by atoms with Crippen molar-refractivity contribution in [2.24, 2.45) is 0 Å². The molecule has 1 saturated heterocycles. The summed E-state index contributed by atoms with van der Waals surface area (Å²) in [5.41, 5.74) is 2.03. The van der Waals surface area contributed by atoms with Crippen molar-refractivity contribution in [3.63, 3.8) is 0 Å². The van der Waals surface area contributed by atoms with Crippen LogP contribution in [0.4, 0.5) is 5.69 Å². The Morgan fingerprint density at radius 2 is 2.37 bits per heavy atom. The molecule has 1 fully saturated rings. The molecule has 0 aromatic heterocycles. The van der Waals surface area contributed by atoms with Crippen LogP contribution in [0.1, 0.15) is 12.0 Å². The maximum absolute atomic E-state index is 11.5. The molecule has 3 N–H and O–H groups in total. The van der Waals surface area contributed by atoms with Crippen LogP contribution in [0.2, 0.25) is 0 Å². The van der Waals surface area contributed by atoms with Crippen molar-refractivity contribution < 1.29 is 9.90 Å². The van der Waals surface area contributed by atoms with E-state index in [1.807, 2.05) is 43.1 Å². The lowest BCUT2D eigenvalue weighted by atomic mass is 10.2. The van der Waals surface area contributed by atoms with Gasteiger partial charge in [0.2, 0.25) is 5.91 Å². The van der Waals surface area contributed by atoms with Gasteiger partial charge in [0.05, 0.1) is 6.04 Å². The molecule has 5 heteroatoms. The molecule has 1 aliphatic heterocycles. The monoisotopic (exact) mass is 263 g/mol. The van der Waals surface area contributed by atoms with E-state index in [1.54, 1.807) is 0 Å². The Morgan fingerprint density at radius 3 is 3.00 bits per heavy atom. The first-order valence-electron chi connectivity index (χ1n) is 6.55. The largest absolute Gasteiger partial charge is 0.372 e. The Balaban J connectivity index is 1.87. The third-order valence-electron chi connectivity index (χ3n) is 3.36. The van der Waals surface area contributed by atoms with Crippen molar-refractivity contribution in [3.05, 3.63) is 29.8 Å². The molecule has 19 heavy (non-hydrogen) atoms. The number of anilines is 1. The SMILES string of the molecule is Cc1cccc(NC(O)CN(C)C2CCNC2=O)c1. The number of amides is 1. The maximum Gasteiger partial charge on any atom is 0.237 e. The summed E-state index contributed by atoms with van der Waals surface area (Å²) in [6, 6.07) is 7.71. The molecule has 2 atom stereocenters. The summed E-state index contributed by atoms with van der Waals surface area (Å²) in [6.45, 7) is 3.13. The molecule has 2 rings (SSSR count). The van der Waals surface area contributed by atoms with Gasteiger partial charge in [-0.15, -0.1) is 0 Å². The van der Waals surface area contributed by atoms with Crippen LogP contribution in [-0.2, 0) is 4.79 Å². The number of nitrogens with zero attached hydrogens (tertiary/aromatic N) is 1. The Morgan fingerprint density at radius 1 is 1.58 bits per heavy atom. The summed E-state index contributed by atoms with van der Waals surface area (Å²) < 4.78 is 0. The highest BCUT2D eigenvalue weighted by Crippen LogP contribution is 2.12. The van der Waals surface area contributed by atoms with E-state index < -0.39 is 6.23 Å². The molecule has 0 saturated carbocycles. The van der Waals surface area contributed by atoms with Crippen LogP contribution < -0.4 is 10.6 Å². The number of rotatable bonds is 5. The number of hydrogen-bond donors (Lipinski definition) is 3. The lowest BCUT2D eigenvalue weighted by molar-refractivity contribution is -0.123. The number of aliphatic hydroxyl groups is 1. The highest BCUT2D eigenvalue weighted by Gasteiger charge is 2.28. The van der Waals surface area contributed by atoms with Gasteiger partial charge in [-0.25, -0.2) is 0 Å². The molecule has 104 valence electrons. The highest BCUT2D eigenvalue weighted by atomic mass is 16.3. The Kier molecular flexibility index (Phi) is 4.39. The fourth-order valence-electron chi connectivity index (χ4n) is 2.37. The fraction of sp³-hybridized carbons (Fsp3) is 0.500. The molecule has 5 nitrogen and oxygen atoms in total.